The molecule has 1 unspecified atom stereocenters. The molecule has 3 aromatic rings. The van der Waals surface area contributed by atoms with E-state index in [1.807, 2.05) is 0 Å². The first-order valence-electron chi connectivity index (χ1n) is 9.92. The van der Waals surface area contributed by atoms with Crippen molar-refractivity contribution in [2.45, 2.75) is 32.4 Å². The standard InChI is InChI=1S/C22H21F2N3O4/c1-14(21-25-17-5-2-3-6-18(17)27(21)22(23)24)31-20(29)13-30-16-10-8-15(9-11-16)26-12-4-7-19(26)28/h2-3,5-6,8-11,14,22H,4,7,12-13H2,1H3. The molecule has 2 heterocycles. The van der Waals surface area contributed by atoms with Crippen LogP contribution < -0.4 is 9.64 Å². The lowest BCUT2D eigenvalue weighted by Gasteiger charge is -2.17. The predicted octanol–water partition coefficient (Wildman–Crippen LogP) is 4.24. The molecular weight excluding hydrogens is 408 g/mol. The third kappa shape index (κ3) is 4.35. The van der Waals surface area contributed by atoms with E-state index < -0.39 is 18.6 Å². The fourth-order valence-corrected chi connectivity index (χ4v) is 3.62. The minimum absolute atomic E-state index is 0.0378. The lowest BCUT2D eigenvalue weighted by atomic mass is 10.3. The van der Waals surface area contributed by atoms with Crippen molar-refractivity contribution in [3.63, 3.8) is 0 Å². The minimum Gasteiger partial charge on any atom is -0.482 e. The maximum absolute atomic E-state index is 13.6. The van der Waals surface area contributed by atoms with E-state index >= 15 is 0 Å². The van der Waals surface area contributed by atoms with E-state index in [1.54, 1.807) is 47.4 Å². The van der Waals surface area contributed by atoms with Crippen LogP contribution >= 0.6 is 0 Å². The van der Waals surface area contributed by atoms with Gasteiger partial charge in [-0.1, -0.05) is 12.1 Å². The molecule has 2 aromatic carbocycles. The van der Waals surface area contributed by atoms with Gasteiger partial charge in [-0.25, -0.2) is 9.78 Å². The smallest absolute Gasteiger partial charge is 0.344 e. The van der Waals surface area contributed by atoms with E-state index in [0.717, 1.165) is 16.7 Å². The molecule has 1 amide bonds. The van der Waals surface area contributed by atoms with Crippen molar-refractivity contribution in [3.05, 3.63) is 54.4 Å². The number of carbonyl (C=O) groups is 2. The first-order chi connectivity index (χ1) is 14.9. The second-order valence-electron chi connectivity index (χ2n) is 7.17. The average Bonchev–Trinajstić information content (AvgIpc) is 3.36. The fourth-order valence-electron chi connectivity index (χ4n) is 3.62. The molecule has 7 nitrogen and oxygen atoms in total. The van der Waals surface area contributed by atoms with E-state index in [-0.39, 0.29) is 23.9 Å². The molecule has 1 atom stereocenters. The summed E-state index contributed by atoms with van der Waals surface area (Å²) in [6, 6.07) is 13.3. The molecule has 1 aromatic heterocycles. The van der Waals surface area contributed by atoms with Crippen molar-refractivity contribution in [3.8, 4) is 5.75 Å². The normalized spacial score (nSPS) is 15.0. The molecule has 4 rings (SSSR count). The molecule has 162 valence electrons. The minimum atomic E-state index is -2.82. The van der Waals surface area contributed by atoms with E-state index in [0.29, 0.717) is 24.2 Å². The van der Waals surface area contributed by atoms with Gasteiger partial charge in [0.15, 0.2) is 18.5 Å². The number of ether oxygens (including phenoxy) is 2. The molecule has 1 saturated heterocycles. The second kappa shape index (κ2) is 8.71. The molecule has 1 aliphatic heterocycles. The van der Waals surface area contributed by atoms with Crippen LogP contribution in [0.5, 0.6) is 5.75 Å². The monoisotopic (exact) mass is 429 g/mol. The van der Waals surface area contributed by atoms with Gasteiger partial charge in [0, 0.05) is 18.7 Å². The Kier molecular flexibility index (Phi) is 5.83. The molecule has 9 heteroatoms. The van der Waals surface area contributed by atoms with Crippen LogP contribution in [-0.2, 0) is 14.3 Å². The van der Waals surface area contributed by atoms with E-state index in [9.17, 15) is 18.4 Å². The highest BCUT2D eigenvalue weighted by atomic mass is 19.3. The Morgan fingerprint density at radius 2 is 1.90 bits per heavy atom. The number of alkyl halides is 2. The first-order valence-corrected chi connectivity index (χ1v) is 9.92. The quantitative estimate of drug-likeness (QED) is 0.525. The fraction of sp³-hybridized carbons (Fsp3) is 0.318. The summed E-state index contributed by atoms with van der Waals surface area (Å²) in [5.41, 5.74) is 1.44. The van der Waals surface area contributed by atoms with Crippen LogP contribution in [0.3, 0.4) is 0 Å². The van der Waals surface area contributed by atoms with Crippen LogP contribution in [0, 0.1) is 0 Å². The molecule has 0 bridgehead atoms. The van der Waals surface area contributed by atoms with Crippen molar-refractivity contribution in [2.75, 3.05) is 18.1 Å². The lowest BCUT2D eigenvalue weighted by Crippen LogP contribution is -2.23. The number of halogens is 2. The van der Waals surface area contributed by atoms with Crippen LogP contribution in [0.25, 0.3) is 11.0 Å². The van der Waals surface area contributed by atoms with Crippen LogP contribution in [0.15, 0.2) is 48.5 Å². The van der Waals surface area contributed by atoms with Gasteiger partial charge in [-0.3, -0.25) is 9.36 Å². The van der Waals surface area contributed by atoms with Crippen LogP contribution in [0.2, 0.25) is 0 Å². The number of rotatable bonds is 7. The number of amides is 1. The Balaban J connectivity index is 1.37. The SMILES string of the molecule is CC(OC(=O)COc1ccc(N2CCCC2=O)cc1)c1nc2ccccc2n1C(F)F. The van der Waals surface area contributed by atoms with Crippen molar-refractivity contribution in [1.29, 1.82) is 0 Å². The van der Waals surface area contributed by atoms with Crippen LogP contribution in [-0.4, -0.2) is 34.6 Å². The number of carbonyl (C=O) groups excluding carboxylic acids is 2. The number of aromatic nitrogens is 2. The summed E-state index contributed by atoms with van der Waals surface area (Å²) in [5, 5.41) is 0. The van der Waals surface area contributed by atoms with Crippen molar-refractivity contribution in [2.24, 2.45) is 0 Å². The summed E-state index contributed by atoms with van der Waals surface area (Å²) in [4.78, 5) is 29.9. The highest BCUT2D eigenvalue weighted by Crippen LogP contribution is 2.28. The van der Waals surface area contributed by atoms with Gasteiger partial charge < -0.3 is 14.4 Å². The Morgan fingerprint density at radius 1 is 1.16 bits per heavy atom. The third-order valence-corrected chi connectivity index (χ3v) is 5.07. The zero-order valence-electron chi connectivity index (χ0n) is 16.8. The van der Waals surface area contributed by atoms with E-state index in [4.69, 9.17) is 9.47 Å². The number of benzene rings is 2. The number of fused-ring (bicyclic) bond motifs is 1. The zero-order chi connectivity index (χ0) is 22.0. The number of anilines is 1. The Bertz CT molecular complexity index is 1100. The highest BCUT2D eigenvalue weighted by Gasteiger charge is 2.25. The van der Waals surface area contributed by atoms with Gasteiger partial charge in [-0.2, -0.15) is 8.78 Å². The first kappa shape index (κ1) is 20.8. The summed E-state index contributed by atoms with van der Waals surface area (Å²) in [5.74, 6) is -0.232. The molecule has 0 radical (unpaired) electrons. The van der Waals surface area contributed by atoms with Gasteiger partial charge >= 0.3 is 12.5 Å². The van der Waals surface area contributed by atoms with Crippen LogP contribution in [0.1, 0.15) is 38.2 Å². The van der Waals surface area contributed by atoms with E-state index in [2.05, 4.69) is 4.98 Å². The molecule has 1 fully saturated rings. The highest BCUT2D eigenvalue weighted by molar-refractivity contribution is 5.95. The Hall–Kier alpha value is -3.49. The van der Waals surface area contributed by atoms with Gasteiger partial charge in [0.05, 0.1) is 11.0 Å². The Labute approximate surface area is 177 Å². The molecule has 0 spiro atoms. The number of hydrogen-bond acceptors (Lipinski definition) is 5. The van der Waals surface area contributed by atoms with Gasteiger partial charge in [-0.15, -0.1) is 0 Å². The maximum atomic E-state index is 13.6. The molecule has 1 aliphatic rings. The largest absolute Gasteiger partial charge is 0.482 e. The topological polar surface area (TPSA) is 73.7 Å². The molecule has 0 N–H and O–H groups in total. The zero-order valence-corrected chi connectivity index (χ0v) is 16.8. The number of esters is 1. The summed E-state index contributed by atoms with van der Waals surface area (Å²) < 4.78 is 38.6. The van der Waals surface area contributed by atoms with Gasteiger partial charge in [-0.05, 0) is 49.7 Å². The van der Waals surface area contributed by atoms with E-state index in [1.165, 1.54) is 13.0 Å². The Morgan fingerprint density at radius 3 is 2.58 bits per heavy atom. The summed E-state index contributed by atoms with van der Waals surface area (Å²) >= 11 is 0. The van der Waals surface area contributed by atoms with Crippen molar-refractivity contribution in [1.82, 2.24) is 9.55 Å². The summed E-state index contributed by atoms with van der Waals surface area (Å²) in [6.07, 6.45) is 0.392. The summed E-state index contributed by atoms with van der Waals surface area (Å²) in [6.45, 7) is -1.03. The number of hydrogen-bond donors (Lipinski definition) is 0. The number of nitrogens with zero attached hydrogens (tertiary/aromatic N) is 3. The number of imidazole rings is 1. The van der Waals surface area contributed by atoms with Crippen molar-refractivity contribution >= 4 is 28.6 Å². The molecular formula is C22H21F2N3O4. The van der Waals surface area contributed by atoms with Crippen LogP contribution in [0.4, 0.5) is 14.5 Å². The molecule has 0 saturated carbocycles. The molecule has 31 heavy (non-hydrogen) atoms. The molecule has 0 aliphatic carbocycles. The summed E-state index contributed by atoms with van der Waals surface area (Å²) in [7, 11) is 0. The van der Waals surface area contributed by atoms with Gasteiger partial charge in [0.1, 0.15) is 5.75 Å². The number of para-hydroxylation sites is 2. The van der Waals surface area contributed by atoms with Gasteiger partial charge in [0.2, 0.25) is 5.91 Å². The second-order valence-corrected chi connectivity index (χ2v) is 7.17. The van der Waals surface area contributed by atoms with Crippen molar-refractivity contribution < 1.29 is 27.8 Å². The lowest BCUT2D eigenvalue weighted by molar-refractivity contribution is -0.151. The average molecular weight is 429 g/mol. The predicted molar refractivity (Wildman–Crippen MR) is 109 cm³/mol. The third-order valence-electron chi connectivity index (χ3n) is 5.07. The maximum Gasteiger partial charge on any atom is 0.344 e. The van der Waals surface area contributed by atoms with Gasteiger partial charge in [0.25, 0.3) is 0 Å².